The molecule has 45 heavy (non-hydrogen) atoms. The summed E-state index contributed by atoms with van der Waals surface area (Å²) in [6, 6.07) is 7.37. The van der Waals surface area contributed by atoms with E-state index in [0.29, 0.717) is 0 Å². The van der Waals surface area contributed by atoms with Crippen molar-refractivity contribution in [3.05, 3.63) is 24.3 Å². The highest BCUT2D eigenvalue weighted by Crippen LogP contribution is 2.28. The van der Waals surface area contributed by atoms with Gasteiger partial charge in [0.1, 0.15) is 16.6 Å². The van der Waals surface area contributed by atoms with Crippen molar-refractivity contribution >= 4 is 61.3 Å². The second-order valence-electron chi connectivity index (χ2n) is 11.8. The van der Waals surface area contributed by atoms with Crippen LogP contribution in [0.2, 0.25) is 0 Å². The molecule has 12 heteroatoms. The fourth-order valence-corrected chi connectivity index (χ4v) is 6.61. The highest BCUT2D eigenvalue weighted by molar-refractivity contribution is 9.10. The summed E-state index contributed by atoms with van der Waals surface area (Å²) < 4.78 is 16.0. The maximum atomic E-state index is 12.8. The number of carbonyl (C=O) groups excluding carboxylic acids is 4. The molecule has 4 atom stereocenters. The monoisotopic (exact) mass is 757 g/mol. The number of carbonyl (C=O) groups is 4. The lowest BCUT2D eigenvalue weighted by molar-refractivity contribution is -0.160. The Morgan fingerprint density at radius 2 is 1.33 bits per heavy atom. The minimum Gasteiger partial charge on any atom is -0.497 e. The van der Waals surface area contributed by atoms with E-state index in [1.54, 1.807) is 30.8 Å². The van der Waals surface area contributed by atoms with E-state index < -0.39 is 12.2 Å². The van der Waals surface area contributed by atoms with Gasteiger partial charge >= 0.3 is 11.9 Å². The van der Waals surface area contributed by atoms with Crippen LogP contribution in [0.15, 0.2) is 24.3 Å². The third-order valence-electron chi connectivity index (χ3n) is 8.39. The average Bonchev–Trinajstić information content (AvgIpc) is 3.80. The number of hydrogen-bond donors (Lipinski definition) is 0. The molecule has 0 bridgehead atoms. The lowest BCUT2D eigenvalue weighted by atomic mass is 10.0. The molecule has 0 N–H and O–H groups in total. The Labute approximate surface area is 284 Å². The predicted molar refractivity (Wildman–Crippen MR) is 181 cm³/mol. The largest absolute Gasteiger partial charge is 0.497 e. The Bertz CT molecular complexity index is 1090. The van der Waals surface area contributed by atoms with Gasteiger partial charge in [-0.15, -0.1) is 0 Å². The van der Waals surface area contributed by atoms with Gasteiger partial charge in [-0.1, -0.05) is 38.3 Å². The predicted octanol–water partition coefficient (Wildman–Crippen LogP) is 5.48. The Balaban J connectivity index is 0.000000259. The second-order valence-corrected chi connectivity index (χ2v) is 13.7. The third-order valence-corrected chi connectivity index (χ3v) is 9.79. The number of esters is 2. The summed E-state index contributed by atoms with van der Waals surface area (Å²) in [5.41, 5.74) is 0.978. The van der Waals surface area contributed by atoms with E-state index in [9.17, 15) is 19.2 Å². The number of anilines is 1. The molecule has 10 nitrogen and oxygen atoms in total. The minimum atomic E-state index is -0.722. The molecule has 1 unspecified atom stereocenters. The number of likely N-dealkylation sites (tertiary alicyclic amines) is 2. The molecule has 0 aliphatic carbocycles. The number of alkyl halides is 2. The maximum absolute atomic E-state index is 12.8. The van der Waals surface area contributed by atoms with Crippen LogP contribution in [0.25, 0.3) is 0 Å². The number of rotatable bonds is 12. The second kappa shape index (κ2) is 19.4. The minimum absolute atomic E-state index is 0.0778. The van der Waals surface area contributed by atoms with Crippen molar-refractivity contribution in [2.24, 2.45) is 0 Å². The number of halogens is 2. The van der Waals surface area contributed by atoms with Gasteiger partial charge < -0.3 is 28.9 Å². The van der Waals surface area contributed by atoms with E-state index >= 15 is 0 Å². The lowest BCUT2D eigenvalue weighted by Crippen LogP contribution is -2.48. The van der Waals surface area contributed by atoms with Gasteiger partial charge in [-0.2, -0.15) is 0 Å². The smallest absolute Gasteiger partial charge is 0.329 e. The van der Waals surface area contributed by atoms with Crippen molar-refractivity contribution in [1.82, 2.24) is 9.80 Å². The van der Waals surface area contributed by atoms with Crippen LogP contribution >= 0.6 is 31.9 Å². The normalized spacial score (nSPS) is 20.0. The summed E-state index contributed by atoms with van der Waals surface area (Å²) in [4.78, 5) is 54.3. The first-order chi connectivity index (χ1) is 21.7. The van der Waals surface area contributed by atoms with Crippen molar-refractivity contribution in [2.75, 3.05) is 50.1 Å². The molecule has 0 aromatic heterocycles. The van der Waals surface area contributed by atoms with Crippen molar-refractivity contribution in [3.8, 4) is 5.75 Å². The lowest BCUT2D eigenvalue weighted by Gasteiger charge is -2.36. The summed E-state index contributed by atoms with van der Waals surface area (Å²) in [7, 11) is 1.63. The number of benzene rings is 1. The standard InChI is InChI=1S/C20H28N2O4.C13H21Br2NO3/c1-15(19(23)21-12-5-6-13-21)26-20(24)18-7-3-4-14-22(18)16-8-10-17(25-2)11-9-16;1-10(12(17)16-8-4-5-9-16)19-13(18)11(15)6-2-3-7-14/h8-11,15,18H,3-7,12-14H2,1-2H3;10-11H,2-9H2,1H3/t15-,18+;10-,11?/m00/s1. The van der Waals surface area contributed by atoms with Gasteiger partial charge in [0.05, 0.1) is 7.11 Å². The summed E-state index contributed by atoms with van der Waals surface area (Å²) in [5.74, 6) is -0.0152. The molecule has 3 aliphatic rings. The van der Waals surface area contributed by atoms with Crippen LogP contribution in [0.3, 0.4) is 0 Å². The molecule has 0 saturated carbocycles. The Hall–Kier alpha value is -2.34. The van der Waals surface area contributed by atoms with Gasteiger partial charge in [0.25, 0.3) is 11.8 Å². The van der Waals surface area contributed by atoms with E-state index in [1.165, 1.54) is 0 Å². The van der Waals surface area contributed by atoms with Crippen LogP contribution < -0.4 is 9.64 Å². The molecule has 1 aromatic rings. The summed E-state index contributed by atoms with van der Waals surface area (Å²) in [5, 5.41) is 0.936. The van der Waals surface area contributed by atoms with Crippen LogP contribution in [-0.2, 0) is 28.7 Å². The zero-order valence-electron chi connectivity index (χ0n) is 26.9. The molecule has 4 rings (SSSR count). The number of nitrogens with zero attached hydrogens (tertiary/aromatic N) is 3. The number of ether oxygens (including phenoxy) is 3. The van der Waals surface area contributed by atoms with E-state index in [4.69, 9.17) is 14.2 Å². The van der Waals surface area contributed by atoms with Crippen LogP contribution in [-0.4, -0.2) is 102 Å². The first-order valence-corrected chi connectivity index (χ1v) is 18.3. The van der Waals surface area contributed by atoms with Crippen molar-refractivity contribution in [3.63, 3.8) is 0 Å². The topological polar surface area (TPSA) is 106 Å². The highest BCUT2D eigenvalue weighted by atomic mass is 79.9. The summed E-state index contributed by atoms with van der Waals surface area (Å²) in [6.07, 6.45) is 8.22. The zero-order chi connectivity index (χ0) is 32.8. The fourth-order valence-electron chi connectivity index (χ4n) is 5.79. The van der Waals surface area contributed by atoms with Crippen LogP contribution in [0.5, 0.6) is 5.75 Å². The Kier molecular flexibility index (Phi) is 16.0. The van der Waals surface area contributed by atoms with Gasteiger partial charge in [-0.3, -0.25) is 14.4 Å². The maximum Gasteiger partial charge on any atom is 0.329 e. The van der Waals surface area contributed by atoms with E-state index in [0.717, 1.165) is 114 Å². The molecular formula is C33H49Br2N3O7. The fraction of sp³-hybridized carbons (Fsp3) is 0.697. The van der Waals surface area contributed by atoms with E-state index in [1.807, 2.05) is 24.3 Å². The molecule has 2 amide bonds. The molecule has 3 heterocycles. The van der Waals surface area contributed by atoms with Crippen LogP contribution in [0.4, 0.5) is 5.69 Å². The molecular weight excluding hydrogens is 710 g/mol. The van der Waals surface area contributed by atoms with Crippen molar-refractivity contribution < 1.29 is 33.4 Å². The van der Waals surface area contributed by atoms with Crippen LogP contribution in [0, 0.1) is 0 Å². The van der Waals surface area contributed by atoms with Gasteiger partial charge in [-0.05, 0) is 95.9 Å². The third kappa shape index (κ3) is 11.4. The van der Waals surface area contributed by atoms with Crippen molar-refractivity contribution in [1.29, 1.82) is 0 Å². The molecule has 3 saturated heterocycles. The van der Waals surface area contributed by atoms with Gasteiger partial charge in [0.15, 0.2) is 12.2 Å². The molecule has 0 spiro atoms. The van der Waals surface area contributed by atoms with E-state index in [-0.39, 0.29) is 34.6 Å². The number of unbranched alkanes of at least 4 members (excludes halogenated alkanes) is 1. The van der Waals surface area contributed by atoms with Gasteiger partial charge in [-0.25, -0.2) is 4.79 Å². The van der Waals surface area contributed by atoms with Gasteiger partial charge in [0, 0.05) is 43.7 Å². The summed E-state index contributed by atoms with van der Waals surface area (Å²) in [6.45, 7) is 7.23. The number of piperidine rings is 1. The first-order valence-electron chi connectivity index (χ1n) is 16.3. The SMILES string of the molecule is COc1ccc(N2CCCC[C@@H]2C(=O)O[C@@H](C)C(=O)N2CCCC2)cc1.C[C@H](OC(=O)C(Br)CCCCBr)C(=O)N1CCCC1. The molecule has 252 valence electrons. The molecule has 0 radical (unpaired) electrons. The Morgan fingerprint density at radius 3 is 1.87 bits per heavy atom. The van der Waals surface area contributed by atoms with Gasteiger partial charge in [0.2, 0.25) is 0 Å². The zero-order valence-corrected chi connectivity index (χ0v) is 30.1. The Morgan fingerprint density at radius 1 is 0.800 bits per heavy atom. The molecule has 3 aliphatic heterocycles. The summed E-state index contributed by atoms with van der Waals surface area (Å²) >= 11 is 6.67. The average molecular weight is 760 g/mol. The van der Waals surface area contributed by atoms with E-state index in [2.05, 4.69) is 36.8 Å². The molecule has 3 fully saturated rings. The van der Waals surface area contributed by atoms with Crippen molar-refractivity contribution in [2.45, 2.75) is 101 Å². The van der Waals surface area contributed by atoms with Crippen LogP contribution in [0.1, 0.15) is 78.1 Å². The number of hydrogen-bond acceptors (Lipinski definition) is 8. The highest BCUT2D eigenvalue weighted by Gasteiger charge is 2.34. The first kappa shape index (κ1) is 37.1. The molecule has 1 aromatic carbocycles. The number of methoxy groups -OCH3 is 1. The number of amides is 2. The quantitative estimate of drug-likeness (QED) is 0.157.